The molecule has 18 heavy (non-hydrogen) atoms. The second kappa shape index (κ2) is 5.39. The van der Waals surface area contributed by atoms with Gasteiger partial charge in [-0.15, -0.1) is 0 Å². The summed E-state index contributed by atoms with van der Waals surface area (Å²) >= 11 is 3.36. The smallest absolute Gasteiger partial charge is 0.414 e. The molecule has 0 radical (unpaired) electrons. The molecule has 1 aromatic rings. The number of nitrogens with one attached hydrogen (secondary N) is 1. The molecular weight excluding hydrogens is 300 g/mol. The van der Waals surface area contributed by atoms with Crippen LogP contribution in [-0.2, 0) is 9.53 Å². The molecule has 0 aromatic heterocycles. The summed E-state index contributed by atoms with van der Waals surface area (Å²) in [4.78, 5) is 24.1. The molecule has 6 heteroatoms. The van der Waals surface area contributed by atoms with Crippen LogP contribution < -0.4 is 10.2 Å². The van der Waals surface area contributed by atoms with Gasteiger partial charge in [-0.3, -0.25) is 9.69 Å². The highest BCUT2D eigenvalue weighted by molar-refractivity contribution is 9.10. The third kappa shape index (κ3) is 3.01. The Balaban J connectivity index is 2.03. The first kappa shape index (κ1) is 12.9. The maximum Gasteiger partial charge on any atom is 0.414 e. The predicted molar refractivity (Wildman–Crippen MR) is 70.4 cm³/mol. The summed E-state index contributed by atoms with van der Waals surface area (Å²) in [5, 5.41) is 2.64. The lowest BCUT2D eigenvalue weighted by molar-refractivity contribution is -0.119. The van der Waals surface area contributed by atoms with Crippen LogP contribution in [0.1, 0.15) is 6.92 Å². The van der Waals surface area contributed by atoms with Crippen LogP contribution in [0.3, 0.4) is 0 Å². The summed E-state index contributed by atoms with van der Waals surface area (Å²) in [6, 6.07) is 7.43. The molecule has 0 unspecified atom stereocenters. The van der Waals surface area contributed by atoms with E-state index in [0.717, 1.165) is 10.2 Å². The van der Waals surface area contributed by atoms with Gasteiger partial charge in [-0.2, -0.15) is 0 Å². The molecule has 1 aromatic carbocycles. The molecule has 1 aliphatic rings. The fourth-order valence-corrected chi connectivity index (χ4v) is 2.13. The molecule has 2 amide bonds. The first-order valence-electron chi connectivity index (χ1n) is 5.54. The van der Waals surface area contributed by atoms with E-state index in [-0.39, 0.29) is 18.1 Å². The Bertz CT molecular complexity index is 478. The molecule has 1 aliphatic heterocycles. The number of amides is 2. The third-order valence-corrected chi connectivity index (χ3v) is 3.07. The van der Waals surface area contributed by atoms with Gasteiger partial charge in [0, 0.05) is 17.1 Å². The van der Waals surface area contributed by atoms with Crippen molar-refractivity contribution < 1.29 is 14.3 Å². The molecule has 5 nitrogen and oxygen atoms in total. The fraction of sp³-hybridized carbons (Fsp3) is 0.333. The Kier molecular flexibility index (Phi) is 3.86. The van der Waals surface area contributed by atoms with E-state index in [1.165, 1.54) is 6.92 Å². The Hall–Kier alpha value is -1.56. The van der Waals surface area contributed by atoms with Crippen molar-refractivity contribution in [2.24, 2.45) is 0 Å². The minimum Gasteiger partial charge on any atom is -0.442 e. The minimum absolute atomic E-state index is 0.132. The number of anilines is 1. The standard InChI is InChI=1S/C12H13BrN2O3/c1-8(16)14-6-11-7-15(12(17)18-11)10-4-2-3-9(13)5-10/h2-5,11H,6-7H2,1H3,(H,14,16)/t11-/m0/s1. The second-order valence-corrected chi connectivity index (χ2v) is 4.95. The quantitative estimate of drug-likeness (QED) is 0.927. The van der Waals surface area contributed by atoms with Crippen LogP contribution in [0.5, 0.6) is 0 Å². The lowest BCUT2D eigenvalue weighted by atomic mass is 10.2. The van der Waals surface area contributed by atoms with Gasteiger partial charge in [-0.1, -0.05) is 22.0 Å². The van der Waals surface area contributed by atoms with Gasteiger partial charge >= 0.3 is 6.09 Å². The van der Waals surface area contributed by atoms with E-state index < -0.39 is 0 Å². The van der Waals surface area contributed by atoms with E-state index in [0.29, 0.717) is 13.1 Å². The van der Waals surface area contributed by atoms with Crippen LogP contribution >= 0.6 is 15.9 Å². The number of hydrogen-bond donors (Lipinski definition) is 1. The number of halogens is 1. The highest BCUT2D eigenvalue weighted by Gasteiger charge is 2.32. The van der Waals surface area contributed by atoms with Crippen LogP contribution in [0.2, 0.25) is 0 Å². The lowest BCUT2D eigenvalue weighted by Crippen LogP contribution is -2.33. The van der Waals surface area contributed by atoms with Gasteiger partial charge in [0.15, 0.2) is 0 Å². The Morgan fingerprint density at radius 2 is 2.39 bits per heavy atom. The van der Waals surface area contributed by atoms with Crippen molar-refractivity contribution in [2.45, 2.75) is 13.0 Å². The Labute approximate surface area is 113 Å². The SMILES string of the molecule is CC(=O)NC[C@H]1CN(c2cccc(Br)c2)C(=O)O1. The maximum atomic E-state index is 11.7. The second-order valence-electron chi connectivity index (χ2n) is 4.03. The zero-order valence-electron chi connectivity index (χ0n) is 9.85. The van der Waals surface area contributed by atoms with Gasteiger partial charge in [-0.05, 0) is 18.2 Å². The van der Waals surface area contributed by atoms with Gasteiger partial charge in [0.25, 0.3) is 0 Å². The van der Waals surface area contributed by atoms with Crippen LogP contribution in [0.15, 0.2) is 28.7 Å². The molecule has 1 fully saturated rings. The summed E-state index contributed by atoms with van der Waals surface area (Å²) in [5.41, 5.74) is 0.778. The van der Waals surface area contributed by atoms with Crippen molar-refractivity contribution in [1.29, 1.82) is 0 Å². The first-order chi connectivity index (χ1) is 8.56. The first-order valence-corrected chi connectivity index (χ1v) is 6.33. The summed E-state index contributed by atoms with van der Waals surface area (Å²) < 4.78 is 6.08. The van der Waals surface area contributed by atoms with Gasteiger partial charge < -0.3 is 10.1 Å². The average molecular weight is 313 g/mol. The summed E-state index contributed by atoms with van der Waals surface area (Å²) in [7, 11) is 0. The van der Waals surface area contributed by atoms with E-state index in [1.54, 1.807) is 4.90 Å². The zero-order chi connectivity index (χ0) is 13.1. The minimum atomic E-state index is -0.386. The molecule has 0 aliphatic carbocycles. The van der Waals surface area contributed by atoms with E-state index in [4.69, 9.17) is 4.74 Å². The molecular formula is C12H13BrN2O3. The van der Waals surface area contributed by atoms with E-state index in [9.17, 15) is 9.59 Å². The maximum absolute atomic E-state index is 11.7. The molecule has 1 saturated heterocycles. The van der Waals surface area contributed by atoms with Crippen LogP contribution in [-0.4, -0.2) is 31.2 Å². The monoisotopic (exact) mass is 312 g/mol. The molecule has 0 saturated carbocycles. The largest absolute Gasteiger partial charge is 0.442 e. The molecule has 1 atom stereocenters. The lowest BCUT2D eigenvalue weighted by Gasteiger charge is -2.13. The number of benzene rings is 1. The molecule has 96 valence electrons. The van der Waals surface area contributed by atoms with Crippen molar-refractivity contribution >= 4 is 33.6 Å². The number of cyclic esters (lactones) is 1. The summed E-state index contributed by atoms with van der Waals surface area (Å²) in [6.07, 6.45) is -0.691. The number of hydrogen-bond acceptors (Lipinski definition) is 3. The van der Waals surface area contributed by atoms with E-state index in [1.807, 2.05) is 24.3 Å². The fourth-order valence-electron chi connectivity index (χ4n) is 1.74. The highest BCUT2D eigenvalue weighted by Crippen LogP contribution is 2.24. The topological polar surface area (TPSA) is 58.6 Å². The average Bonchev–Trinajstić information content (AvgIpc) is 2.68. The number of rotatable bonds is 3. The van der Waals surface area contributed by atoms with E-state index >= 15 is 0 Å². The number of ether oxygens (including phenoxy) is 1. The molecule has 1 heterocycles. The predicted octanol–water partition coefficient (Wildman–Crippen LogP) is 1.91. The Morgan fingerprint density at radius 3 is 3.06 bits per heavy atom. The van der Waals surface area contributed by atoms with Crippen molar-refractivity contribution in [3.63, 3.8) is 0 Å². The van der Waals surface area contributed by atoms with Crippen LogP contribution in [0, 0.1) is 0 Å². The van der Waals surface area contributed by atoms with Gasteiger partial charge in [0.05, 0.1) is 13.1 Å². The van der Waals surface area contributed by atoms with Gasteiger partial charge in [0.1, 0.15) is 6.10 Å². The zero-order valence-corrected chi connectivity index (χ0v) is 11.4. The summed E-state index contributed by atoms with van der Waals surface area (Å²) in [6.45, 7) is 2.21. The van der Waals surface area contributed by atoms with Gasteiger partial charge in [-0.25, -0.2) is 4.79 Å². The molecule has 2 rings (SSSR count). The molecule has 1 N–H and O–H groups in total. The normalized spacial score (nSPS) is 18.7. The van der Waals surface area contributed by atoms with Gasteiger partial charge in [0.2, 0.25) is 5.91 Å². The van der Waals surface area contributed by atoms with Crippen molar-refractivity contribution in [3.05, 3.63) is 28.7 Å². The summed E-state index contributed by atoms with van der Waals surface area (Å²) in [5.74, 6) is -0.132. The van der Waals surface area contributed by atoms with Crippen molar-refractivity contribution in [3.8, 4) is 0 Å². The molecule has 0 bridgehead atoms. The number of nitrogens with zero attached hydrogens (tertiary/aromatic N) is 1. The number of carbonyl (C=O) groups excluding carboxylic acids is 2. The number of carbonyl (C=O) groups is 2. The van der Waals surface area contributed by atoms with Crippen molar-refractivity contribution in [2.75, 3.05) is 18.0 Å². The highest BCUT2D eigenvalue weighted by atomic mass is 79.9. The molecule has 0 spiro atoms. The van der Waals surface area contributed by atoms with Crippen LogP contribution in [0.25, 0.3) is 0 Å². The van der Waals surface area contributed by atoms with E-state index in [2.05, 4.69) is 21.2 Å². The third-order valence-electron chi connectivity index (χ3n) is 2.57. The Morgan fingerprint density at radius 1 is 1.61 bits per heavy atom. The van der Waals surface area contributed by atoms with Crippen molar-refractivity contribution in [1.82, 2.24) is 5.32 Å². The van der Waals surface area contributed by atoms with Crippen LogP contribution in [0.4, 0.5) is 10.5 Å².